The van der Waals surface area contributed by atoms with Crippen LogP contribution >= 0.6 is 0 Å². The van der Waals surface area contributed by atoms with Gasteiger partial charge in [-0.3, -0.25) is 9.78 Å². The van der Waals surface area contributed by atoms with Gasteiger partial charge in [-0.25, -0.2) is 0 Å². The Morgan fingerprint density at radius 3 is 2.59 bits per heavy atom. The Labute approximate surface area is 173 Å². The van der Waals surface area contributed by atoms with Crippen molar-refractivity contribution in [3.63, 3.8) is 0 Å². The predicted octanol–water partition coefficient (Wildman–Crippen LogP) is 4.36. The van der Waals surface area contributed by atoms with E-state index < -0.39 is 0 Å². The van der Waals surface area contributed by atoms with E-state index in [0.29, 0.717) is 19.7 Å². The second kappa shape index (κ2) is 9.88. The van der Waals surface area contributed by atoms with Gasteiger partial charge in [0.2, 0.25) is 5.91 Å². The fraction of sp³-hybridized carbons (Fsp3) is 0.500. The number of ether oxygens (including phenoxy) is 2. The number of rotatable bonds is 7. The standard InChI is InChI=1S/C24H30N2O3/c27-24(21-6-2-1-3-7-21)26(16-19-9-12-25-13-10-19)17-20-5-4-8-22(15-20)29-23-11-14-28-18-23/h4-5,8-10,12-13,15,21,23H,1-3,6-7,11,14,16-18H2. The molecule has 2 fully saturated rings. The van der Waals surface area contributed by atoms with Crippen molar-refractivity contribution in [2.75, 3.05) is 13.2 Å². The number of amides is 1. The molecule has 1 aromatic carbocycles. The molecule has 1 aromatic heterocycles. The molecule has 0 spiro atoms. The summed E-state index contributed by atoms with van der Waals surface area (Å²) in [4.78, 5) is 19.4. The Kier molecular flexibility index (Phi) is 6.78. The van der Waals surface area contributed by atoms with Gasteiger partial charge in [0.15, 0.2) is 0 Å². The quantitative estimate of drug-likeness (QED) is 0.700. The summed E-state index contributed by atoms with van der Waals surface area (Å²) in [6.07, 6.45) is 10.2. The average molecular weight is 395 g/mol. The minimum atomic E-state index is 0.127. The van der Waals surface area contributed by atoms with E-state index in [1.54, 1.807) is 12.4 Å². The van der Waals surface area contributed by atoms with Gasteiger partial charge in [-0.15, -0.1) is 0 Å². The van der Waals surface area contributed by atoms with E-state index >= 15 is 0 Å². The molecule has 1 saturated heterocycles. The zero-order valence-corrected chi connectivity index (χ0v) is 17.0. The maximum absolute atomic E-state index is 13.3. The first-order chi connectivity index (χ1) is 14.3. The van der Waals surface area contributed by atoms with Gasteiger partial charge in [-0.05, 0) is 48.2 Å². The first-order valence-corrected chi connectivity index (χ1v) is 10.8. The lowest BCUT2D eigenvalue weighted by molar-refractivity contribution is -0.137. The summed E-state index contributed by atoms with van der Waals surface area (Å²) in [6, 6.07) is 12.1. The summed E-state index contributed by atoms with van der Waals surface area (Å²) in [5.74, 6) is 1.28. The Bertz CT molecular complexity index is 784. The Hall–Kier alpha value is -2.40. The van der Waals surface area contributed by atoms with Crippen LogP contribution < -0.4 is 4.74 Å². The largest absolute Gasteiger partial charge is 0.488 e. The topological polar surface area (TPSA) is 51.7 Å². The number of benzene rings is 1. The van der Waals surface area contributed by atoms with Crippen LogP contribution in [0.3, 0.4) is 0 Å². The van der Waals surface area contributed by atoms with Gasteiger partial charge in [-0.1, -0.05) is 31.4 Å². The average Bonchev–Trinajstić information content (AvgIpc) is 3.27. The lowest BCUT2D eigenvalue weighted by Gasteiger charge is -2.29. The van der Waals surface area contributed by atoms with Gasteiger partial charge in [0.25, 0.3) is 0 Å². The molecule has 154 valence electrons. The van der Waals surface area contributed by atoms with Crippen LogP contribution in [0.4, 0.5) is 0 Å². The zero-order chi connectivity index (χ0) is 19.9. The Morgan fingerprint density at radius 2 is 1.83 bits per heavy atom. The van der Waals surface area contributed by atoms with Crippen molar-refractivity contribution in [2.24, 2.45) is 5.92 Å². The molecular formula is C24H30N2O3. The van der Waals surface area contributed by atoms with Crippen molar-refractivity contribution in [3.05, 3.63) is 59.9 Å². The third-order valence-corrected chi connectivity index (χ3v) is 5.85. The molecule has 1 unspecified atom stereocenters. The monoisotopic (exact) mass is 394 g/mol. The molecule has 2 aliphatic rings. The fourth-order valence-corrected chi connectivity index (χ4v) is 4.26. The van der Waals surface area contributed by atoms with Crippen LogP contribution in [0, 0.1) is 5.92 Å². The molecule has 1 aliphatic heterocycles. The van der Waals surface area contributed by atoms with Gasteiger partial charge in [-0.2, -0.15) is 0 Å². The summed E-state index contributed by atoms with van der Waals surface area (Å²) < 4.78 is 11.5. The summed E-state index contributed by atoms with van der Waals surface area (Å²) in [7, 11) is 0. The number of carbonyl (C=O) groups excluding carboxylic acids is 1. The molecule has 2 aromatic rings. The second-order valence-corrected chi connectivity index (χ2v) is 8.14. The molecule has 4 rings (SSSR count). The normalized spacial score (nSPS) is 19.8. The van der Waals surface area contributed by atoms with E-state index in [1.807, 2.05) is 29.2 Å². The number of aromatic nitrogens is 1. The fourth-order valence-electron chi connectivity index (χ4n) is 4.26. The van der Waals surface area contributed by atoms with Crippen LogP contribution in [-0.4, -0.2) is 35.1 Å². The molecule has 1 atom stereocenters. The van der Waals surface area contributed by atoms with Crippen molar-refractivity contribution in [1.29, 1.82) is 0 Å². The minimum absolute atomic E-state index is 0.127. The highest BCUT2D eigenvalue weighted by Gasteiger charge is 2.26. The van der Waals surface area contributed by atoms with Crippen molar-refractivity contribution in [3.8, 4) is 5.75 Å². The highest BCUT2D eigenvalue weighted by Crippen LogP contribution is 2.27. The summed E-state index contributed by atoms with van der Waals surface area (Å²) in [6.45, 7) is 2.62. The minimum Gasteiger partial charge on any atom is -0.488 e. The number of hydrogen-bond donors (Lipinski definition) is 0. The lowest BCUT2D eigenvalue weighted by Crippen LogP contribution is -2.36. The first kappa shape index (κ1) is 19.9. The van der Waals surface area contributed by atoms with Crippen LogP contribution in [0.25, 0.3) is 0 Å². The molecular weight excluding hydrogens is 364 g/mol. The van der Waals surface area contributed by atoms with E-state index in [9.17, 15) is 4.79 Å². The van der Waals surface area contributed by atoms with Crippen molar-refractivity contribution in [2.45, 2.75) is 57.7 Å². The van der Waals surface area contributed by atoms with Crippen molar-refractivity contribution < 1.29 is 14.3 Å². The second-order valence-electron chi connectivity index (χ2n) is 8.14. The van der Waals surface area contributed by atoms with Gasteiger partial charge >= 0.3 is 0 Å². The Balaban J connectivity index is 1.48. The molecule has 5 heteroatoms. The maximum Gasteiger partial charge on any atom is 0.226 e. The number of carbonyl (C=O) groups is 1. The van der Waals surface area contributed by atoms with Crippen LogP contribution in [0.5, 0.6) is 5.75 Å². The molecule has 5 nitrogen and oxygen atoms in total. The number of pyridine rings is 1. The van der Waals surface area contributed by atoms with Crippen LogP contribution in [0.1, 0.15) is 49.7 Å². The van der Waals surface area contributed by atoms with Crippen LogP contribution in [0.2, 0.25) is 0 Å². The molecule has 0 N–H and O–H groups in total. The van der Waals surface area contributed by atoms with Gasteiger partial charge in [0.05, 0.1) is 13.2 Å². The summed E-state index contributed by atoms with van der Waals surface area (Å²) in [5, 5.41) is 0. The lowest BCUT2D eigenvalue weighted by atomic mass is 9.88. The summed E-state index contributed by atoms with van der Waals surface area (Å²) >= 11 is 0. The van der Waals surface area contributed by atoms with E-state index in [4.69, 9.17) is 9.47 Å². The van der Waals surface area contributed by atoms with E-state index in [-0.39, 0.29) is 17.9 Å². The first-order valence-electron chi connectivity index (χ1n) is 10.8. The van der Waals surface area contributed by atoms with E-state index in [2.05, 4.69) is 17.1 Å². The highest BCUT2D eigenvalue weighted by molar-refractivity contribution is 5.79. The molecule has 0 bridgehead atoms. The number of nitrogens with zero attached hydrogens (tertiary/aromatic N) is 2. The molecule has 1 aliphatic carbocycles. The Morgan fingerprint density at radius 1 is 1.03 bits per heavy atom. The molecule has 29 heavy (non-hydrogen) atoms. The van der Waals surface area contributed by atoms with Crippen molar-refractivity contribution >= 4 is 5.91 Å². The smallest absolute Gasteiger partial charge is 0.226 e. The maximum atomic E-state index is 13.3. The van der Waals surface area contributed by atoms with Gasteiger partial charge < -0.3 is 14.4 Å². The molecule has 1 saturated carbocycles. The van der Waals surface area contributed by atoms with Gasteiger partial charge in [0.1, 0.15) is 11.9 Å². The van der Waals surface area contributed by atoms with Crippen molar-refractivity contribution in [1.82, 2.24) is 9.88 Å². The van der Waals surface area contributed by atoms with Crippen LogP contribution in [0.15, 0.2) is 48.8 Å². The SMILES string of the molecule is O=C(C1CCCCC1)N(Cc1ccncc1)Cc1cccc(OC2CCOC2)c1. The number of hydrogen-bond acceptors (Lipinski definition) is 4. The van der Waals surface area contributed by atoms with E-state index in [1.165, 1.54) is 6.42 Å². The van der Waals surface area contributed by atoms with Gasteiger partial charge in [0, 0.05) is 37.8 Å². The highest BCUT2D eigenvalue weighted by atomic mass is 16.5. The third-order valence-electron chi connectivity index (χ3n) is 5.85. The summed E-state index contributed by atoms with van der Waals surface area (Å²) in [5.41, 5.74) is 2.21. The van der Waals surface area contributed by atoms with E-state index in [0.717, 1.165) is 55.6 Å². The molecule has 1 amide bonds. The molecule has 2 heterocycles. The molecule has 0 radical (unpaired) electrons. The predicted molar refractivity (Wildman–Crippen MR) is 111 cm³/mol. The third kappa shape index (κ3) is 5.57. The van der Waals surface area contributed by atoms with Crippen LogP contribution in [-0.2, 0) is 22.6 Å². The zero-order valence-electron chi connectivity index (χ0n) is 17.0.